The second-order valence-corrected chi connectivity index (χ2v) is 3.95. The van der Waals surface area contributed by atoms with Gasteiger partial charge in [0.05, 0.1) is 22.7 Å². The number of hydrogen-bond donors (Lipinski definition) is 3. The maximum Gasteiger partial charge on any atom is 0.328 e. The molecule has 0 saturated heterocycles. The molecule has 1 rings (SSSR count). The number of benzene rings is 1. The highest BCUT2D eigenvalue weighted by atomic mass is 19.1. The molecule has 1 amide bonds. The zero-order valence-corrected chi connectivity index (χ0v) is 10.2. The summed E-state index contributed by atoms with van der Waals surface area (Å²) in [5.74, 6) is -3.74. The lowest BCUT2D eigenvalue weighted by Crippen LogP contribution is -2.47. The number of halogens is 1. The molecular formula is C11H11FN2O6. The molecule has 20 heavy (non-hydrogen) atoms. The van der Waals surface area contributed by atoms with Gasteiger partial charge in [0.1, 0.15) is 5.82 Å². The number of carboxylic acid groups (broad SMARTS) is 1. The molecule has 2 atom stereocenters. The van der Waals surface area contributed by atoms with E-state index in [2.05, 4.69) is 0 Å². The number of non-ortho nitro benzene ring substituents is 1. The zero-order chi connectivity index (χ0) is 15.4. The van der Waals surface area contributed by atoms with Gasteiger partial charge in [0.25, 0.3) is 11.6 Å². The minimum absolute atomic E-state index is 0.538. The summed E-state index contributed by atoms with van der Waals surface area (Å²) in [7, 11) is 0. The van der Waals surface area contributed by atoms with Crippen molar-refractivity contribution in [3.05, 3.63) is 39.7 Å². The Hall–Kier alpha value is -2.55. The molecule has 3 N–H and O–H groups in total. The lowest BCUT2D eigenvalue weighted by atomic mass is 10.1. The van der Waals surface area contributed by atoms with Crippen LogP contribution in [-0.4, -0.2) is 39.2 Å². The van der Waals surface area contributed by atoms with Crippen molar-refractivity contribution in [2.45, 2.75) is 19.1 Å². The first-order valence-corrected chi connectivity index (χ1v) is 5.39. The highest BCUT2D eigenvalue weighted by molar-refractivity contribution is 5.97. The van der Waals surface area contributed by atoms with Crippen LogP contribution in [0.4, 0.5) is 10.1 Å². The molecule has 0 fully saturated rings. The maximum atomic E-state index is 13.5. The summed E-state index contributed by atoms with van der Waals surface area (Å²) in [6.07, 6.45) is -1.39. The Morgan fingerprint density at radius 1 is 1.45 bits per heavy atom. The summed E-state index contributed by atoms with van der Waals surface area (Å²) >= 11 is 0. The highest BCUT2D eigenvalue weighted by Gasteiger charge is 2.27. The lowest BCUT2D eigenvalue weighted by molar-refractivity contribution is -0.385. The number of nitro groups is 1. The minimum Gasteiger partial charge on any atom is -0.480 e. The van der Waals surface area contributed by atoms with Crippen LogP contribution >= 0.6 is 0 Å². The van der Waals surface area contributed by atoms with E-state index in [0.29, 0.717) is 6.07 Å². The van der Waals surface area contributed by atoms with Gasteiger partial charge in [-0.15, -0.1) is 0 Å². The number of aliphatic carboxylic acids is 1. The Balaban J connectivity index is 2.98. The van der Waals surface area contributed by atoms with Crippen molar-refractivity contribution in [2.24, 2.45) is 0 Å². The third kappa shape index (κ3) is 3.48. The van der Waals surface area contributed by atoms with Gasteiger partial charge in [0, 0.05) is 6.07 Å². The minimum atomic E-state index is -1.61. The third-order valence-electron chi connectivity index (χ3n) is 2.44. The van der Waals surface area contributed by atoms with Gasteiger partial charge in [-0.3, -0.25) is 14.9 Å². The second-order valence-electron chi connectivity index (χ2n) is 3.95. The number of hydrogen-bond acceptors (Lipinski definition) is 5. The molecule has 0 radical (unpaired) electrons. The number of rotatable bonds is 5. The number of aliphatic hydroxyl groups is 1. The summed E-state index contributed by atoms with van der Waals surface area (Å²) in [5.41, 5.74) is -1.09. The maximum absolute atomic E-state index is 13.5. The van der Waals surface area contributed by atoms with Crippen LogP contribution in [0.25, 0.3) is 0 Å². The molecule has 0 aromatic heterocycles. The number of carbonyl (C=O) groups is 2. The van der Waals surface area contributed by atoms with Crippen molar-refractivity contribution in [1.82, 2.24) is 5.32 Å². The molecule has 0 unspecified atom stereocenters. The summed E-state index contributed by atoms with van der Waals surface area (Å²) in [6, 6.07) is 0.713. The van der Waals surface area contributed by atoms with Crippen molar-refractivity contribution in [1.29, 1.82) is 0 Å². The molecule has 0 spiro atoms. The fourth-order valence-electron chi connectivity index (χ4n) is 1.41. The van der Waals surface area contributed by atoms with Crippen LogP contribution < -0.4 is 5.32 Å². The van der Waals surface area contributed by atoms with Crippen LogP contribution in [0.2, 0.25) is 0 Å². The van der Waals surface area contributed by atoms with Crippen molar-refractivity contribution in [3.8, 4) is 0 Å². The van der Waals surface area contributed by atoms with Gasteiger partial charge in [0.15, 0.2) is 6.04 Å². The number of amides is 1. The molecule has 8 nitrogen and oxygen atoms in total. The number of carboxylic acids is 1. The molecule has 0 bridgehead atoms. The normalized spacial score (nSPS) is 13.3. The first kappa shape index (κ1) is 15.5. The van der Waals surface area contributed by atoms with Gasteiger partial charge < -0.3 is 15.5 Å². The predicted octanol–water partition coefficient (Wildman–Crippen LogP) is 0.298. The fraction of sp³-hybridized carbons (Fsp3) is 0.273. The molecule has 9 heteroatoms. The summed E-state index contributed by atoms with van der Waals surface area (Å²) < 4.78 is 13.5. The van der Waals surface area contributed by atoms with Crippen LogP contribution in [0.1, 0.15) is 17.3 Å². The van der Waals surface area contributed by atoms with Crippen molar-refractivity contribution < 1.29 is 29.1 Å². The molecule has 108 valence electrons. The van der Waals surface area contributed by atoms with E-state index in [1.807, 2.05) is 5.32 Å². The van der Waals surface area contributed by atoms with Crippen molar-refractivity contribution in [3.63, 3.8) is 0 Å². The largest absolute Gasteiger partial charge is 0.480 e. The summed E-state index contributed by atoms with van der Waals surface area (Å²) in [5, 5.41) is 30.3. The smallest absolute Gasteiger partial charge is 0.328 e. The molecule has 0 saturated carbocycles. The van der Waals surface area contributed by atoms with E-state index in [1.165, 1.54) is 0 Å². The van der Waals surface area contributed by atoms with E-state index in [4.69, 9.17) is 5.11 Å². The van der Waals surface area contributed by atoms with Gasteiger partial charge in [0.2, 0.25) is 0 Å². The molecule has 0 heterocycles. The Bertz CT molecular complexity index is 560. The number of aliphatic hydroxyl groups excluding tert-OH is 1. The standard InChI is InChI=1S/C11H11FN2O6/c1-5(15)9(11(17)18)13-10(16)7-3-2-6(14(19)20)4-8(7)12/h2-5,9,15H,1H3,(H,13,16)(H,17,18)/t5-,9+/m1/s1. The highest BCUT2D eigenvalue weighted by Crippen LogP contribution is 2.16. The molecule has 0 aliphatic rings. The van der Waals surface area contributed by atoms with Gasteiger partial charge in [-0.25, -0.2) is 9.18 Å². The Labute approximate surface area is 112 Å². The lowest BCUT2D eigenvalue weighted by Gasteiger charge is -2.17. The number of nitrogens with one attached hydrogen (secondary N) is 1. The van der Waals surface area contributed by atoms with E-state index >= 15 is 0 Å². The third-order valence-corrected chi connectivity index (χ3v) is 2.44. The van der Waals surface area contributed by atoms with Gasteiger partial charge in [-0.1, -0.05) is 0 Å². The molecular weight excluding hydrogens is 275 g/mol. The van der Waals surface area contributed by atoms with Crippen LogP contribution in [-0.2, 0) is 4.79 Å². The summed E-state index contributed by atoms with van der Waals surface area (Å²) in [4.78, 5) is 32.0. The monoisotopic (exact) mass is 286 g/mol. The predicted molar refractivity (Wildman–Crippen MR) is 63.6 cm³/mol. The molecule has 1 aromatic rings. The Kier molecular flexibility index (Phi) is 4.70. The van der Waals surface area contributed by atoms with E-state index in [1.54, 1.807) is 0 Å². The number of nitrogens with zero attached hydrogens (tertiary/aromatic N) is 1. The first-order chi connectivity index (χ1) is 9.23. The average Bonchev–Trinajstić information content (AvgIpc) is 2.34. The molecule has 0 aliphatic carbocycles. The zero-order valence-electron chi connectivity index (χ0n) is 10.2. The Morgan fingerprint density at radius 2 is 2.05 bits per heavy atom. The van der Waals surface area contributed by atoms with Crippen LogP contribution in [0, 0.1) is 15.9 Å². The average molecular weight is 286 g/mol. The van der Waals surface area contributed by atoms with Gasteiger partial charge >= 0.3 is 5.97 Å². The SMILES string of the molecule is C[C@@H](O)[C@H](NC(=O)c1ccc([N+](=O)[O-])cc1F)C(=O)O. The fourth-order valence-corrected chi connectivity index (χ4v) is 1.41. The quantitative estimate of drug-likeness (QED) is 0.527. The topological polar surface area (TPSA) is 130 Å². The van der Waals surface area contributed by atoms with E-state index in [-0.39, 0.29) is 0 Å². The van der Waals surface area contributed by atoms with Crippen LogP contribution in [0.15, 0.2) is 18.2 Å². The van der Waals surface area contributed by atoms with E-state index < -0.39 is 46.0 Å². The second kappa shape index (κ2) is 6.06. The van der Waals surface area contributed by atoms with E-state index in [0.717, 1.165) is 19.1 Å². The number of nitro benzene ring substituents is 1. The van der Waals surface area contributed by atoms with Gasteiger partial charge in [-0.05, 0) is 13.0 Å². The van der Waals surface area contributed by atoms with Crippen molar-refractivity contribution in [2.75, 3.05) is 0 Å². The summed E-state index contributed by atoms with van der Waals surface area (Å²) in [6.45, 7) is 1.14. The van der Waals surface area contributed by atoms with Crippen LogP contribution in [0.5, 0.6) is 0 Å². The first-order valence-electron chi connectivity index (χ1n) is 5.39. The molecule has 0 aliphatic heterocycles. The van der Waals surface area contributed by atoms with E-state index in [9.17, 15) is 29.2 Å². The molecule has 1 aromatic carbocycles. The van der Waals surface area contributed by atoms with Crippen LogP contribution in [0.3, 0.4) is 0 Å². The van der Waals surface area contributed by atoms with Gasteiger partial charge in [-0.2, -0.15) is 0 Å². The Morgan fingerprint density at radius 3 is 2.45 bits per heavy atom. The number of carbonyl (C=O) groups excluding carboxylic acids is 1. The van der Waals surface area contributed by atoms with Crippen molar-refractivity contribution >= 4 is 17.6 Å².